The second kappa shape index (κ2) is 5.84. The molecule has 1 aliphatic heterocycles. The molecule has 2 heterocycles. The quantitative estimate of drug-likeness (QED) is 0.870. The Morgan fingerprint density at radius 3 is 2.67 bits per heavy atom. The van der Waals surface area contributed by atoms with Crippen LogP contribution in [0.3, 0.4) is 0 Å². The summed E-state index contributed by atoms with van der Waals surface area (Å²) in [6.07, 6.45) is 1.56. The molecular formula is C17H17N3O4. The van der Waals surface area contributed by atoms with Crippen molar-refractivity contribution < 1.29 is 19.1 Å². The van der Waals surface area contributed by atoms with Gasteiger partial charge in [0.2, 0.25) is 0 Å². The highest BCUT2D eigenvalue weighted by molar-refractivity contribution is 6.19. The van der Waals surface area contributed by atoms with E-state index in [4.69, 9.17) is 9.47 Å². The van der Waals surface area contributed by atoms with Crippen LogP contribution in [0.1, 0.15) is 6.92 Å². The summed E-state index contributed by atoms with van der Waals surface area (Å²) in [4.78, 5) is 30.7. The van der Waals surface area contributed by atoms with Crippen molar-refractivity contribution in [2.75, 3.05) is 24.4 Å². The fourth-order valence-corrected chi connectivity index (χ4v) is 2.46. The highest BCUT2D eigenvalue weighted by Crippen LogP contribution is 2.35. The molecule has 1 aromatic carbocycles. The van der Waals surface area contributed by atoms with Gasteiger partial charge in [0.05, 0.1) is 7.11 Å². The number of benzene rings is 1. The molecule has 0 saturated heterocycles. The second-order valence-corrected chi connectivity index (χ2v) is 5.51. The van der Waals surface area contributed by atoms with Crippen LogP contribution in [0.2, 0.25) is 0 Å². The molecular weight excluding hydrogens is 310 g/mol. The van der Waals surface area contributed by atoms with Crippen LogP contribution in [0, 0.1) is 0 Å². The Bertz CT molecular complexity index is 791. The molecule has 0 saturated carbocycles. The molecule has 2 aromatic rings. The number of anilines is 2. The molecule has 0 fully saturated rings. The lowest BCUT2D eigenvalue weighted by molar-refractivity contribution is -0.145. The average molecular weight is 327 g/mol. The van der Waals surface area contributed by atoms with E-state index < -0.39 is 17.4 Å². The summed E-state index contributed by atoms with van der Waals surface area (Å²) in [5.74, 6) is 0.395. The minimum Gasteiger partial charge on any atom is -0.497 e. The normalized spacial score (nSPS) is 19.3. The van der Waals surface area contributed by atoms with Gasteiger partial charge in [-0.25, -0.2) is 4.98 Å². The number of carbonyl (C=O) groups excluding carboxylic acids is 2. The first-order chi connectivity index (χ1) is 11.5. The van der Waals surface area contributed by atoms with E-state index >= 15 is 0 Å². The van der Waals surface area contributed by atoms with Gasteiger partial charge >= 0.3 is 0 Å². The topological polar surface area (TPSA) is 80.8 Å². The first-order valence-electron chi connectivity index (χ1n) is 7.33. The Balaban J connectivity index is 1.86. The van der Waals surface area contributed by atoms with Crippen molar-refractivity contribution in [2.24, 2.45) is 0 Å². The average Bonchev–Trinajstić information content (AvgIpc) is 2.60. The van der Waals surface area contributed by atoms with E-state index in [0.717, 1.165) is 0 Å². The van der Waals surface area contributed by atoms with Gasteiger partial charge < -0.3 is 14.8 Å². The maximum Gasteiger partial charge on any atom is 0.281 e. The molecule has 1 aliphatic rings. The van der Waals surface area contributed by atoms with Crippen molar-refractivity contribution in [2.45, 2.75) is 12.5 Å². The minimum absolute atomic E-state index is 0.381. The number of fused-ring (bicyclic) bond motifs is 1. The standard InChI is InChI=1S/C17H17N3O4/c1-17(15(21)19-11-6-8-12(23-3)9-7-11)16(22)20(2)14-13(24-17)5-4-10-18-14/h4-10H,1-3H3,(H,19,21). The minimum atomic E-state index is -1.68. The van der Waals surface area contributed by atoms with Gasteiger partial charge in [0.1, 0.15) is 5.75 Å². The Hall–Kier alpha value is -3.09. The van der Waals surface area contributed by atoms with Crippen molar-refractivity contribution in [1.29, 1.82) is 0 Å². The van der Waals surface area contributed by atoms with Gasteiger partial charge in [0.25, 0.3) is 17.4 Å². The Morgan fingerprint density at radius 2 is 2.00 bits per heavy atom. The zero-order valence-electron chi connectivity index (χ0n) is 13.6. The van der Waals surface area contributed by atoms with Crippen LogP contribution >= 0.6 is 0 Å². The maximum atomic E-state index is 12.7. The summed E-state index contributed by atoms with van der Waals surface area (Å²) in [6.45, 7) is 1.45. The van der Waals surface area contributed by atoms with E-state index in [1.807, 2.05) is 0 Å². The summed E-state index contributed by atoms with van der Waals surface area (Å²) >= 11 is 0. The number of amides is 2. The number of ether oxygens (including phenoxy) is 2. The lowest BCUT2D eigenvalue weighted by Crippen LogP contribution is -2.60. The first-order valence-corrected chi connectivity index (χ1v) is 7.33. The number of methoxy groups -OCH3 is 1. The predicted octanol–water partition coefficient (Wildman–Crippen LogP) is 1.84. The molecule has 1 unspecified atom stereocenters. The third-order valence-corrected chi connectivity index (χ3v) is 3.88. The predicted molar refractivity (Wildman–Crippen MR) is 88.3 cm³/mol. The molecule has 1 aromatic heterocycles. The van der Waals surface area contributed by atoms with Crippen LogP contribution in [-0.4, -0.2) is 36.6 Å². The number of nitrogens with zero attached hydrogens (tertiary/aromatic N) is 2. The number of hydrogen-bond donors (Lipinski definition) is 1. The Labute approximate surface area is 139 Å². The van der Waals surface area contributed by atoms with E-state index in [9.17, 15) is 9.59 Å². The number of aromatic nitrogens is 1. The van der Waals surface area contributed by atoms with Crippen molar-refractivity contribution in [1.82, 2.24) is 4.98 Å². The summed E-state index contributed by atoms with van der Waals surface area (Å²) < 4.78 is 10.8. The van der Waals surface area contributed by atoms with Gasteiger partial charge in [-0.05, 0) is 43.3 Å². The van der Waals surface area contributed by atoms with Crippen LogP contribution in [0.25, 0.3) is 0 Å². The number of hydrogen-bond acceptors (Lipinski definition) is 5. The zero-order chi connectivity index (χ0) is 17.3. The third-order valence-electron chi connectivity index (χ3n) is 3.88. The maximum absolute atomic E-state index is 12.7. The Morgan fingerprint density at radius 1 is 1.29 bits per heavy atom. The van der Waals surface area contributed by atoms with Crippen molar-refractivity contribution in [3.05, 3.63) is 42.6 Å². The lowest BCUT2D eigenvalue weighted by Gasteiger charge is -2.36. The Kier molecular flexibility index (Phi) is 3.84. The second-order valence-electron chi connectivity index (χ2n) is 5.51. The third kappa shape index (κ3) is 2.54. The monoisotopic (exact) mass is 327 g/mol. The highest BCUT2D eigenvalue weighted by atomic mass is 16.5. The van der Waals surface area contributed by atoms with Gasteiger partial charge in [0.15, 0.2) is 11.6 Å². The van der Waals surface area contributed by atoms with Gasteiger partial charge in [0, 0.05) is 18.9 Å². The number of rotatable bonds is 3. The van der Waals surface area contributed by atoms with E-state index in [0.29, 0.717) is 23.0 Å². The molecule has 24 heavy (non-hydrogen) atoms. The van der Waals surface area contributed by atoms with Gasteiger partial charge in [-0.1, -0.05) is 0 Å². The van der Waals surface area contributed by atoms with Gasteiger partial charge in [-0.15, -0.1) is 0 Å². The molecule has 1 atom stereocenters. The van der Waals surface area contributed by atoms with Crippen LogP contribution < -0.4 is 19.7 Å². The van der Waals surface area contributed by atoms with Crippen molar-refractivity contribution in [3.8, 4) is 11.5 Å². The smallest absolute Gasteiger partial charge is 0.281 e. The molecule has 0 bridgehead atoms. The highest BCUT2D eigenvalue weighted by Gasteiger charge is 2.50. The number of likely N-dealkylation sites (N-methyl/N-ethyl adjacent to an activating group) is 1. The molecule has 3 rings (SSSR count). The van der Waals surface area contributed by atoms with Crippen molar-refractivity contribution >= 4 is 23.3 Å². The molecule has 124 valence electrons. The number of carbonyl (C=O) groups is 2. The van der Waals surface area contributed by atoms with E-state index in [1.165, 1.54) is 11.8 Å². The lowest BCUT2D eigenvalue weighted by atomic mass is 10.0. The summed E-state index contributed by atoms with van der Waals surface area (Å²) in [5.41, 5.74) is -1.14. The summed E-state index contributed by atoms with van der Waals surface area (Å²) in [5, 5.41) is 2.70. The van der Waals surface area contributed by atoms with Crippen LogP contribution in [0.15, 0.2) is 42.6 Å². The van der Waals surface area contributed by atoms with E-state index in [1.54, 1.807) is 56.8 Å². The molecule has 7 nitrogen and oxygen atoms in total. The molecule has 0 radical (unpaired) electrons. The fraction of sp³-hybridized carbons (Fsp3) is 0.235. The molecule has 1 N–H and O–H groups in total. The first kappa shape index (κ1) is 15.8. The van der Waals surface area contributed by atoms with Crippen LogP contribution in [0.5, 0.6) is 11.5 Å². The van der Waals surface area contributed by atoms with Crippen molar-refractivity contribution in [3.63, 3.8) is 0 Å². The van der Waals surface area contributed by atoms with Crippen LogP contribution in [-0.2, 0) is 9.59 Å². The van der Waals surface area contributed by atoms with E-state index in [2.05, 4.69) is 10.3 Å². The fourth-order valence-electron chi connectivity index (χ4n) is 2.46. The zero-order valence-corrected chi connectivity index (χ0v) is 13.6. The molecule has 0 aliphatic carbocycles. The summed E-state index contributed by atoms with van der Waals surface area (Å²) in [7, 11) is 3.13. The van der Waals surface area contributed by atoms with E-state index in [-0.39, 0.29) is 0 Å². The number of nitrogens with one attached hydrogen (secondary N) is 1. The van der Waals surface area contributed by atoms with Crippen LogP contribution in [0.4, 0.5) is 11.5 Å². The largest absolute Gasteiger partial charge is 0.497 e. The van der Waals surface area contributed by atoms with Gasteiger partial charge in [-0.3, -0.25) is 14.5 Å². The molecule has 2 amide bonds. The summed E-state index contributed by atoms with van der Waals surface area (Å²) in [6, 6.07) is 10.2. The molecule has 7 heteroatoms. The number of pyridine rings is 1. The SMILES string of the molecule is COc1ccc(NC(=O)C2(C)Oc3cccnc3N(C)C2=O)cc1. The van der Waals surface area contributed by atoms with Gasteiger partial charge in [-0.2, -0.15) is 0 Å². The molecule has 0 spiro atoms.